The van der Waals surface area contributed by atoms with Gasteiger partial charge in [0.2, 0.25) is 0 Å². The maximum absolute atomic E-state index is 4.82. The summed E-state index contributed by atoms with van der Waals surface area (Å²) in [4.78, 5) is 13.3. The Morgan fingerprint density at radius 2 is 2.00 bits per heavy atom. The topological polar surface area (TPSA) is 52.6 Å². The lowest BCUT2D eigenvalue weighted by Crippen LogP contribution is -2.40. The number of guanidine groups is 1. The van der Waals surface area contributed by atoms with Crippen molar-refractivity contribution in [1.82, 2.24) is 20.5 Å². The van der Waals surface area contributed by atoms with Crippen molar-refractivity contribution >= 4 is 17.3 Å². The average molecular weight is 352 g/mol. The Kier molecular flexibility index (Phi) is 7.99. The summed E-state index contributed by atoms with van der Waals surface area (Å²) in [5.41, 5.74) is 1.16. The van der Waals surface area contributed by atoms with E-state index in [-0.39, 0.29) is 0 Å². The molecule has 1 aromatic heterocycles. The first kappa shape index (κ1) is 19.2. The van der Waals surface area contributed by atoms with Gasteiger partial charge in [0.15, 0.2) is 5.96 Å². The third kappa shape index (κ3) is 5.74. The number of aliphatic imine (C=N–C) groups is 1. The van der Waals surface area contributed by atoms with E-state index in [1.807, 2.05) is 0 Å². The smallest absolute Gasteiger partial charge is 0.191 e. The summed E-state index contributed by atoms with van der Waals surface area (Å²) in [5.74, 6) is 0.931. The molecular formula is C18H33N5S. The standard InChI is InChI=1S/C18H33N5S/c1-5-16(23-11-7-8-12-23)13-21-18(19-6-2)20-10-9-17-22-14(3)15(4)24-17/h16H,5-13H2,1-4H3,(H2,19,20,21). The third-order valence-corrected chi connectivity index (χ3v) is 5.77. The van der Waals surface area contributed by atoms with Crippen molar-refractivity contribution in [3.63, 3.8) is 0 Å². The Morgan fingerprint density at radius 1 is 1.25 bits per heavy atom. The molecule has 0 bridgehead atoms. The first-order valence-corrected chi connectivity index (χ1v) is 10.1. The average Bonchev–Trinajstić information content (AvgIpc) is 3.19. The second-order valence-electron chi connectivity index (χ2n) is 6.45. The summed E-state index contributed by atoms with van der Waals surface area (Å²) >= 11 is 1.80. The zero-order valence-electron chi connectivity index (χ0n) is 15.7. The molecule has 0 spiro atoms. The van der Waals surface area contributed by atoms with E-state index in [1.165, 1.54) is 42.2 Å². The SMILES string of the molecule is CCNC(=NCC(CC)N1CCCC1)NCCc1nc(C)c(C)s1. The van der Waals surface area contributed by atoms with Gasteiger partial charge in [0, 0.05) is 30.4 Å². The van der Waals surface area contributed by atoms with E-state index in [4.69, 9.17) is 4.99 Å². The molecule has 1 fully saturated rings. The highest BCUT2D eigenvalue weighted by atomic mass is 32.1. The molecule has 1 aliphatic rings. The van der Waals surface area contributed by atoms with Crippen LogP contribution < -0.4 is 10.6 Å². The Morgan fingerprint density at radius 3 is 2.58 bits per heavy atom. The number of likely N-dealkylation sites (tertiary alicyclic amines) is 1. The van der Waals surface area contributed by atoms with Gasteiger partial charge in [-0.1, -0.05) is 6.92 Å². The van der Waals surface area contributed by atoms with Crippen LogP contribution in [0.3, 0.4) is 0 Å². The molecule has 6 heteroatoms. The molecule has 1 aliphatic heterocycles. The Labute approximate surface area is 151 Å². The minimum atomic E-state index is 0.576. The monoisotopic (exact) mass is 351 g/mol. The predicted octanol–water partition coefficient (Wildman–Crippen LogP) is 2.73. The van der Waals surface area contributed by atoms with Crippen LogP contribution in [0.5, 0.6) is 0 Å². The van der Waals surface area contributed by atoms with Gasteiger partial charge < -0.3 is 10.6 Å². The molecular weight excluding hydrogens is 318 g/mol. The van der Waals surface area contributed by atoms with Crippen molar-refractivity contribution in [2.45, 2.75) is 59.4 Å². The summed E-state index contributed by atoms with van der Waals surface area (Å²) in [7, 11) is 0. The van der Waals surface area contributed by atoms with Gasteiger partial charge in [-0.15, -0.1) is 11.3 Å². The third-order valence-electron chi connectivity index (χ3n) is 4.64. The Bertz CT molecular complexity index is 500. The summed E-state index contributed by atoms with van der Waals surface area (Å²) in [6, 6.07) is 0.576. The lowest BCUT2D eigenvalue weighted by Gasteiger charge is -2.25. The van der Waals surface area contributed by atoms with E-state index in [0.29, 0.717) is 6.04 Å². The second kappa shape index (κ2) is 9.99. The van der Waals surface area contributed by atoms with E-state index < -0.39 is 0 Å². The molecule has 2 heterocycles. The van der Waals surface area contributed by atoms with Gasteiger partial charge in [-0.2, -0.15) is 0 Å². The van der Waals surface area contributed by atoms with Crippen LogP contribution in [0.1, 0.15) is 48.7 Å². The molecule has 1 saturated heterocycles. The minimum Gasteiger partial charge on any atom is -0.357 e. The number of hydrogen-bond donors (Lipinski definition) is 2. The summed E-state index contributed by atoms with van der Waals surface area (Å²) in [5, 5.41) is 8.02. The number of aromatic nitrogens is 1. The fourth-order valence-corrected chi connectivity index (χ4v) is 4.02. The zero-order valence-corrected chi connectivity index (χ0v) is 16.5. The maximum Gasteiger partial charge on any atom is 0.191 e. The van der Waals surface area contributed by atoms with Gasteiger partial charge >= 0.3 is 0 Å². The van der Waals surface area contributed by atoms with Crippen molar-refractivity contribution in [2.24, 2.45) is 4.99 Å². The number of nitrogens with one attached hydrogen (secondary N) is 2. The molecule has 0 radical (unpaired) electrons. The number of hydrogen-bond acceptors (Lipinski definition) is 4. The van der Waals surface area contributed by atoms with Crippen molar-refractivity contribution in [2.75, 3.05) is 32.7 Å². The Hall–Kier alpha value is -1.14. The van der Waals surface area contributed by atoms with E-state index in [9.17, 15) is 0 Å². The van der Waals surface area contributed by atoms with Gasteiger partial charge in [-0.25, -0.2) is 4.98 Å². The highest BCUT2D eigenvalue weighted by Crippen LogP contribution is 2.16. The zero-order chi connectivity index (χ0) is 17.4. The number of nitrogens with zero attached hydrogens (tertiary/aromatic N) is 3. The van der Waals surface area contributed by atoms with E-state index in [2.05, 4.69) is 48.2 Å². The molecule has 0 saturated carbocycles. The molecule has 1 aromatic rings. The van der Waals surface area contributed by atoms with Crippen LogP contribution in [-0.2, 0) is 6.42 Å². The molecule has 1 atom stereocenters. The minimum absolute atomic E-state index is 0.576. The van der Waals surface area contributed by atoms with Crippen molar-refractivity contribution in [1.29, 1.82) is 0 Å². The second-order valence-corrected chi connectivity index (χ2v) is 7.74. The molecule has 0 aliphatic carbocycles. The van der Waals surface area contributed by atoms with Crippen LogP contribution in [0.25, 0.3) is 0 Å². The van der Waals surface area contributed by atoms with Crippen LogP contribution in [-0.4, -0.2) is 54.6 Å². The van der Waals surface area contributed by atoms with Gasteiger partial charge in [0.1, 0.15) is 0 Å². The molecule has 2 rings (SSSR count). The van der Waals surface area contributed by atoms with Crippen LogP contribution >= 0.6 is 11.3 Å². The molecule has 24 heavy (non-hydrogen) atoms. The fraction of sp³-hybridized carbons (Fsp3) is 0.778. The van der Waals surface area contributed by atoms with Crippen LogP contribution in [0.15, 0.2) is 4.99 Å². The lowest BCUT2D eigenvalue weighted by atomic mass is 10.2. The number of rotatable bonds is 8. The maximum atomic E-state index is 4.82. The number of thiazole rings is 1. The molecule has 136 valence electrons. The van der Waals surface area contributed by atoms with Gasteiger partial charge in [0.25, 0.3) is 0 Å². The van der Waals surface area contributed by atoms with E-state index in [0.717, 1.165) is 37.7 Å². The predicted molar refractivity (Wildman–Crippen MR) is 104 cm³/mol. The first-order valence-electron chi connectivity index (χ1n) is 9.33. The molecule has 1 unspecified atom stereocenters. The highest BCUT2D eigenvalue weighted by Gasteiger charge is 2.20. The molecule has 0 amide bonds. The van der Waals surface area contributed by atoms with Gasteiger partial charge in [-0.05, 0) is 53.1 Å². The van der Waals surface area contributed by atoms with Crippen LogP contribution in [0, 0.1) is 13.8 Å². The van der Waals surface area contributed by atoms with Crippen molar-refractivity contribution in [3.8, 4) is 0 Å². The molecule has 2 N–H and O–H groups in total. The first-order chi connectivity index (χ1) is 11.6. The van der Waals surface area contributed by atoms with Crippen LogP contribution in [0.2, 0.25) is 0 Å². The van der Waals surface area contributed by atoms with Crippen LogP contribution in [0.4, 0.5) is 0 Å². The van der Waals surface area contributed by atoms with Gasteiger partial charge in [-0.3, -0.25) is 9.89 Å². The molecule has 5 nitrogen and oxygen atoms in total. The highest BCUT2D eigenvalue weighted by molar-refractivity contribution is 7.11. The summed E-state index contributed by atoms with van der Waals surface area (Å²) in [6.07, 6.45) is 4.80. The van der Waals surface area contributed by atoms with Gasteiger partial charge in [0.05, 0.1) is 17.2 Å². The summed E-state index contributed by atoms with van der Waals surface area (Å²) < 4.78 is 0. The normalized spacial score (nSPS) is 17.2. The fourth-order valence-electron chi connectivity index (χ4n) is 3.08. The Balaban J connectivity index is 1.82. The van der Waals surface area contributed by atoms with Crippen molar-refractivity contribution < 1.29 is 0 Å². The lowest BCUT2D eigenvalue weighted by molar-refractivity contribution is 0.242. The van der Waals surface area contributed by atoms with E-state index >= 15 is 0 Å². The van der Waals surface area contributed by atoms with E-state index in [1.54, 1.807) is 11.3 Å². The summed E-state index contributed by atoms with van der Waals surface area (Å²) in [6.45, 7) is 13.7. The molecule has 0 aromatic carbocycles. The van der Waals surface area contributed by atoms with Crippen molar-refractivity contribution in [3.05, 3.63) is 15.6 Å². The number of aryl methyl sites for hydroxylation is 2. The largest absolute Gasteiger partial charge is 0.357 e. The quantitative estimate of drug-likeness (QED) is 0.558.